The van der Waals surface area contributed by atoms with Gasteiger partial charge in [-0.3, -0.25) is 4.79 Å². The highest BCUT2D eigenvalue weighted by atomic mass is 35.5. The molecule has 0 spiro atoms. The van der Waals surface area contributed by atoms with Gasteiger partial charge >= 0.3 is 0 Å². The van der Waals surface area contributed by atoms with Crippen LogP contribution >= 0.6 is 22.9 Å². The van der Waals surface area contributed by atoms with Crippen molar-refractivity contribution < 1.29 is 9.53 Å². The molecule has 0 saturated heterocycles. The van der Waals surface area contributed by atoms with Gasteiger partial charge in [0.2, 0.25) is 0 Å². The van der Waals surface area contributed by atoms with Crippen molar-refractivity contribution in [1.29, 1.82) is 0 Å². The summed E-state index contributed by atoms with van der Waals surface area (Å²) in [6.45, 7) is 4.94. The Morgan fingerprint density at radius 1 is 1.29 bits per heavy atom. The van der Waals surface area contributed by atoms with Crippen molar-refractivity contribution in [1.82, 2.24) is 4.90 Å². The molecule has 21 heavy (non-hydrogen) atoms. The summed E-state index contributed by atoms with van der Waals surface area (Å²) in [7, 11) is 0. The number of benzene rings is 1. The first-order chi connectivity index (χ1) is 10.1. The maximum Gasteiger partial charge on any atom is 0.263 e. The van der Waals surface area contributed by atoms with E-state index < -0.39 is 6.10 Å². The lowest BCUT2D eigenvalue weighted by atomic mass is 10.3. The van der Waals surface area contributed by atoms with Crippen LogP contribution in [0.3, 0.4) is 0 Å². The molecule has 0 fully saturated rings. The molecule has 0 aliphatic carbocycles. The van der Waals surface area contributed by atoms with Crippen molar-refractivity contribution in [2.75, 3.05) is 6.54 Å². The third kappa shape index (κ3) is 4.48. The van der Waals surface area contributed by atoms with Gasteiger partial charge in [-0.1, -0.05) is 29.8 Å². The quantitative estimate of drug-likeness (QED) is 0.796. The number of amides is 1. The maximum atomic E-state index is 12.5. The van der Waals surface area contributed by atoms with Gasteiger partial charge in [0, 0.05) is 11.4 Å². The van der Waals surface area contributed by atoms with E-state index in [1.165, 1.54) is 11.3 Å². The molecule has 112 valence electrons. The summed E-state index contributed by atoms with van der Waals surface area (Å²) >= 11 is 7.42. The highest BCUT2D eigenvalue weighted by Crippen LogP contribution is 2.23. The van der Waals surface area contributed by atoms with E-state index in [2.05, 4.69) is 0 Å². The number of hydrogen-bond acceptors (Lipinski definition) is 3. The summed E-state index contributed by atoms with van der Waals surface area (Å²) in [5.41, 5.74) is 0. The predicted molar refractivity (Wildman–Crippen MR) is 87.0 cm³/mol. The number of nitrogens with zero attached hydrogens (tertiary/aromatic N) is 1. The molecule has 0 aliphatic heterocycles. The largest absolute Gasteiger partial charge is 0.481 e. The average molecular weight is 324 g/mol. The van der Waals surface area contributed by atoms with Crippen LogP contribution in [0, 0.1) is 0 Å². The molecular formula is C16H18ClNO2S. The summed E-state index contributed by atoms with van der Waals surface area (Å²) in [6.07, 6.45) is -0.511. The van der Waals surface area contributed by atoms with Crippen LogP contribution in [-0.4, -0.2) is 23.5 Å². The summed E-state index contributed by atoms with van der Waals surface area (Å²) in [5.74, 6) is 0.680. The summed E-state index contributed by atoms with van der Waals surface area (Å²) in [6, 6.07) is 13.2. The Kier molecular flexibility index (Phi) is 5.65. The van der Waals surface area contributed by atoms with E-state index in [0.717, 1.165) is 9.21 Å². The molecular weight excluding hydrogens is 306 g/mol. The van der Waals surface area contributed by atoms with Crippen molar-refractivity contribution in [3.05, 3.63) is 51.7 Å². The molecule has 5 heteroatoms. The smallest absolute Gasteiger partial charge is 0.263 e. The molecule has 0 N–H and O–H groups in total. The second-order valence-corrected chi connectivity index (χ2v) is 6.43. The number of rotatable bonds is 6. The zero-order valence-corrected chi connectivity index (χ0v) is 13.7. The van der Waals surface area contributed by atoms with Crippen molar-refractivity contribution in [2.24, 2.45) is 0 Å². The number of hydrogen-bond donors (Lipinski definition) is 0. The van der Waals surface area contributed by atoms with Crippen LogP contribution in [0.2, 0.25) is 4.34 Å². The molecule has 1 aromatic heterocycles. The number of likely N-dealkylation sites (N-methyl/N-ethyl adjacent to an activating group) is 1. The van der Waals surface area contributed by atoms with E-state index in [1.807, 2.05) is 49.4 Å². The van der Waals surface area contributed by atoms with E-state index in [9.17, 15) is 4.79 Å². The molecule has 0 unspecified atom stereocenters. The maximum absolute atomic E-state index is 12.5. The molecule has 0 aliphatic rings. The number of para-hydroxylation sites is 1. The molecule has 1 aromatic carbocycles. The topological polar surface area (TPSA) is 29.5 Å². The number of thiophene rings is 1. The second kappa shape index (κ2) is 7.48. The Morgan fingerprint density at radius 3 is 2.57 bits per heavy atom. The Bertz CT molecular complexity index is 585. The fourth-order valence-corrected chi connectivity index (χ4v) is 3.08. The molecule has 1 atom stereocenters. The minimum absolute atomic E-state index is 0.0223. The molecule has 2 rings (SSSR count). The van der Waals surface area contributed by atoms with Crippen LogP contribution in [0.15, 0.2) is 42.5 Å². The van der Waals surface area contributed by atoms with Crippen molar-refractivity contribution in [3.63, 3.8) is 0 Å². The summed E-state index contributed by atoms with van der Waals surface area (Å²) < 4.78 is 6.43. The average Bonchev–Trinajstić information content (AvgIpc) is 2.90. The molecule has 0 bridgehead atoms. The van der Waals surface area contributed by atoms with Gasteiger partial charge in [0.25, 0.3) is 5.91 Å². The number of halogens is 1. The third-order valence-electron chi connectivity index (χ3n) is 3.07. The van der Waals surface area contributed by atoms with E-state index >= 15 is 0 Å². The van der Waals surface area contributed by atoms with Crippen LogP contribution in [0.1, 0.15) is 18.7 Å². The highest BCUT2D eigenvalue weighted by Gasteiger charge is 2.21. The van der Waals surface area contributed by atoms with Crippen LogP contribution in [0.25, 0.3) is 0 Å². The van der Waals surface area contributed by atoms with Crippen LogP contribution in [0.4, 0.5) is 0 Å². The summed E-state index contributed by atoms with van der Waals surface area (Å²) in [4.78, 5) is 15.3. The number of carbonyl (C=O) groups excluding carboxylic acids is 1. The molecule has 3 nitrogen and oxygen atoms in total. The van der Waals surface area contributed by atoms with Crippen molar-refractivity contribution in [3.8, 4) is 5.75 Å². The van der Waals surface area contributed by atoms with Gasteiger partial charge in [-0.05, 0) is 38.1 Å². The Labute approximate surface area is 134 Å². The molecule has 0 saturated carbocycles. The molecule has 1 heterocycles. The Balaban J connectivity index is 1.98. The minimum atomic E-state index is -0.511. The molecule has 0 radical (unpaired) electrons. The Hall–Kier alpha value is -1.52. The minimum Gasteiger partial charge on any atom is -0.481 e. The van der Waals surface area contributed by atoms with E-state index in [4.69, 9.17) is 16.3 Å². The van der Waals surface area contributed by atoms with E-state index in [0.29, 0.717) is 18.8 Å². The van der Waals surface area contributed by atoms with Gasteiger partial charge in [-0.15, -0.1) is 11.3 Å². The standard InChI is InChI=1S/C16H18ClNO2S/c1-3-18(11-14-9-10-15(17)21-14)16(19)12(2)20-13-7-5-4-6-8-13/h4-10,12H,3,11H2,1-2H3/t12-/m1/s1. The third-order valence-corrected chi connectivity index (χ3v) is 4.29. The first-order valence-electron chi connectivity index (χ1n) is 6.85. The van der Waals surface area contributed by atoms with Gasteiger partial charge in [0.1, 0.15) is 5.75 Å². The normalized spacial score (nSPS) is 12.0. The fraction of sp³-hybridized carbons (Fsp3) is 0.312. The van der Waals surface area contributed by atoms with Crippen LogP contribution in [0.5, 0.6) is 5.75 Å². The lowest BCUT2D eigenvalue weighted by Gasteiger charge is -2.24. The lowest BCUT2D eigenvalue weighted by Crippen LogP contribution is -2.39. The van der Waals surface area contributed by atoms with Gasteiger partial charge in [0.05, 0.1) is 10.9 Å². The molecule has 2 aromatic rings. The second-order valence-electron chi connectivity index (χ2n) is 4.63. The van der Waals surface area contributed by atoms with Gasteiger partial charge in [0.15, 0.2) is 6.10 Å². The predicted octanol–water partition coefficient (Wildman–Crippen LogP) is 4.22. The zero-order valence-electron chi connectivity index (χ0n) is 12.1. The molecule has 1 amide bonds. The number of carbonyl (C=O) groups is 1. The Morgan fingerprint density at radius 2 is 2.00 bits per heavy atom. The number of ether oxygens (including phenoxy) is 1. The lowest BCUT2D eigenvalue weighted by molar-refractivity contribution is -0.138. The van der Waals surface area contributed by atoms with Crippen molar-refractivity contribution >= 4 is 28.8 Å². The van der Waals surface area contributed by atoms with E-state index in [1.54, 1.807) is 11.8 Å². The first-order valence-corrected chi connectivity index (χ1v) is 8.04. The summed E-state index contributed by atoms with van der Waals surface area (Å²) in [5, 5.41) is 0. The van der Waals surface area contributed by atoms with E-state index in [-0.39, 0.29) is 5.91 Å². The van der Waals surface area contributed by atoms with Crippen LogP contribution in [-0.2, 0) is 11.3 Å². The SMILES string of the molecule is CCN(Cc1ccc(Cl)s1)C(=O)[C@@H](C)Oc1ccccc1. The fourth-order valence-electron chi connectivity index (χ4n) is 1.98. The first kappa shape index (κ1) is 15.9. The van der Waals surface area contributed by atoms with Crippen molar-refractivity contribution in [2.45, 2.75) is 26.5 Å². The van der Waals surface area contributed by atoms with Gasteiger partial charge in [-0.25, -0.2) is 0 Å². The van der Waals surface area contributed by atoms with Crippen LogP contribution < -0.4 is 4.74 Å². The zero-order chi connectivity index (χ0) is 15.2. The van der Waals surface area contributed by atoms with Gasteiger partial charge < -0.3 is 9.64 Å². The van der Waals surface area contributed by atoms with Gasteiger partial charge in [-0.2, -0.15) is 0 Å². The monoisotopic (exact) mass is 323 g/mol. The highest BCUT2D eigenvalue weighted by molar-refractivity contribution is 7.16.